The Bertz CT molecular complexity index is 347. The first-order chi connectivity index (χ1) is 9.29. The maximum absolute atomic E-state index is 10.2. The summed E-state index contributed by atoms with van der Waals surface area (Å²) in [6, 6.07) is 8.48. The quantitative estimate of drug-likeness (QED) is 0.680. The predicted molar refractivity (Wildman–Crippen MR) is 87.4 cm³/mol. The number of ketones is 1. The average molecular weight is 298 g/mol. The van der Waals surface area contributed by atoms with Gasteiger partial charge >= 0.3 is 0 Å². The van der Waals surface area contributed by atoms with Crippen molar-refractivity contribution in [1.29, 1.82) is 0 Å². The summed E-state index contributed by atoms with van der Waals surface area (Å²) in [5.41, 5.74) is 2.66. The van der Waals surface area contributed by atoms with Gasteiger partial charge in [-0.1, -0.05) is 42.3 Å². The molecule has 0 saturated heterocycles. The molecule has 4 heteroatoms. The summed E-state index contributed by atoms with van der Waals surface area (Å²) in [5, 5.41) is -0.139. The van der Waals surface area contributed by atoms with Crippen LogP contribution in [0.4, 0.5) is 0 Å². The average Bonchev–Trinajstić information content (AvgIpc) is 2.33. The Morgan fingerprint density at radius 2 is 1.40 bits per heavy atom. The second-order valence-corrected chi connectivity index (χ2v) is 5.06. The molecule has 0 aliphatic carbocycles. The largest absolute Gasteiger partial charge is 0.374 e. The topological polar surface area (TPSA) is 43.4 Å². The fourth-order valence-corrected chi connectivity index (χ4v) is 0.997. The highest BCUT2D eigenvalue weighted by Crippen LogP contribution is 1.99. The minimum Gasteiger partial charge on any atom is -0.374 e. The van der Waals surface area contributed by atoms with Crippen LogP contribution in [0, 0.1) is 13.8 Å². The summed E-state index contributed by atoms with van der Waals surface area (Å²) in [6.45, 7) is 10.1. The lowest BCUT2D eigenvalue weighted by atomic mass is 10.2. The van der Waals surface area contributed by atoms with Crippen molar-refractivity contribution >= 4 is 23.5 Å². The monoisotopic (exact) mass is 298 g/mol. The lowest BCUT2D eigenvalue weighted by molar-refractivity contribution is -0.121. The Morgan fingerprint density at radius 3 is 1.65 bits per heavy atom. The van der Waals surface area contributed by atoms with Crippen molar-refractivity contribution in [1.82, 2.24) is 0 Å². The molecule has 0 fully saturated rings. The Morgan fingerprint density at radius 1 is 1.05 bits per heavy atom. The van der Waals surface area contributed by atoms with E-state index in [0.717, 1.165) is 6.42 Å². The molecule has 0 spiro atoms. The number of aryl methyl sites for hydroxylation is 2. The molecule has 1 rings (SSSR count). The first kappa shape index (κ1) is 21.2. The van der Waals surface area contributed by atoms with Crippen LogP contribution in [0.3, 0.4) is 0 Å². The molecule has 1 aromatic carbocycles. The second kappa shape index (κ2) is 14.3. The predicted octanol–water partition coefficient (Wildman–Crippen LogP) is 3.77. The molecule has 0 aliphatic heterocycles. The van der Waals surface area contributed by atoms with E-state index in [0.29, 0.717) is 6.61 Å². The Hall–Kier alpha value is -1.13. The Kier molecular flexibility index (Phi) is 15.1. The summed E-state index contributed by atoms with van der Waals surface area (Å²) < 4.78 is 4.89. The highest BCUT2D eigenvalue weighted by molar-refractivity contribution is 7.96. The van der Waals surface area contributed by atoms with Crippen LogP contribution in [0.15, 0.2) is 24.3 Å². The van der Waals surface area contributed by atoms with Crippen molar-refractivity contribution in [2.45, 2.75) is 41.0 Å². The van der Waals surface area contributed by atoms with Gasteiger partial charge in [0, 0.05) is 13.5 Å². The molecule has 3 nitrogen and oxygen atoms in total. The molecular weight excluding hydrogens is 272 g/mol. The van der Waals surface area contributed by atoms with Gasteiger partial charge in [0.2, 0.25) is 0 Å². The molecule has 0 amide bonds. The highest BCUT2D eigenvalue weighted by Gasteiger charge is 1.88. The molecule has 0 saturated carbocycles. The third-order valence-corrected chi connectivity index (χ3v) is 1.87. The molecule has 0 atom stereocenters. The number of hydrogen-bond acceptors (Lipinski definition) is 3. The van der Waals surface area contributed by atoms with E-state index in [4.69, 9.17) is 4.74 Å². The fraction of sp³-hybridized carbons (Fsp3) is 0.500. The molecule has 1 aromatic rings. The van der Waals surface area contributed by atoms with Gasteiger partial charge in [-0.25, -0.2) is 0 Å². The lowest BCUT2D eigenvalue weighted by Crippen LogP contribution is -2.03. The van der Waals surface area contributed by atoms with E-state index in [1.54, 1.807) is 0 Å². The lowest BCUT2D eigenvalue weighted by Gasteiger charge is -1.95. The minimum absolute atomic E-state index is 0.0958. The number of carbonyl (C=O) groups is 2. The van der Waals surface area contributed by atoms with Crippen molar-refractivity contribution < 1.29 is 14.3 Å². The molecule has 0 aromatic heterocycles. The number of benzene rings is 1. The van der Waals surface area contributed by atoms with Crippen LogP contribution < -0.4 is 0 Å². The molecule has 0 bridgehead atoms. The van der Waals surface area contributed by atoms with Gasteiger partial charge in [-0.05, 0) is 27.2 Å². The molecule has 0 heterocycles. The number of hydrogen-bond donors (Lipinski definition) is 1. The van der Waals surface area contributed by atoms with E-state index in [1.807, 2.05) is 6.92 Å². The zero-order valence-electron chi connectivity index (χ0n) is 13.1. The summed E-state index contributed by atoms with van der Waals surface area (Å²) >= 11 is 3.33. The molecule has 0 aliphatic rings. The molecule has 0 N–H and O–H groups in total. The van der Waals surface area contributed by atoms with Gasteiger partial charge in [-0.2, -0.15) is 0 Å². The van der Waals surface area contributed by atoms with Crippen LogP contribution in [0.25, 0.3) is 0 Å². The van der Waals surface area contributed by atoms with E-state index in [-0.39, 0.29) is 17.5 Å². The molecule has 0 unspecified atom stereocenters. The third kappa shape index (κ3) is 22.1. The first-order valence-corrected chi connectivity index (χ1v) is 7.04. The molecule has 114 valence electrons. The number of rotatable bonds is 4. The van der Waals surface area contributed by atoms with E-state index < -0.39 is 0 Å². The second-order valence-electron chi connectivity index (χ2n) is 4.43. The SMILES string of the molecule is CC(=O)S.CCCOCC(C)=O.Cc1ccc(C)cc1. The van der Waals surface area contributed by atoms with Crippen molar-refractivity contribution in [2.75, 3.05) is 13.2 Å². The van der Waals surface area contributed by atoms with Gasteiger partial charge in [-0.15, -0.1) is 12.6 Å². The zero-order valence-corrected chi connectivity index (χ0v) is 14.0. The fourth-order valence-electron chi connectivity index (χ4n) is 0.997. The van der Waals surface area contributed by atoms with Crippen molar-refractivity contribution in [3.05, 3.63) is 35.4 Å². The van der Waals surface area contributed by atoms with Gasteiger partial charge < -0.3 is 4.74 Å². The third-order valence-electron chi connectivity index (χ3n) is 1.87. The van der Waals surface area contributed by atoms with Crippen LogP contribution in [-0.4, -0.2) is 24.1 Å². The summed E-state index contributed by atoms with van der Waals surface area (Å²) in [5.74, 6) is 0.0958. The Balaban J connectivity index is 0. The van der Waals surface area contributed by atoms with Gasteiger partial charge in [-0.3, -0.25) is 9.59 Å². The summed E-state index contributed by atoms with van der Waals surface area (Å²) in [4.78, 5) is 19.5. The maximum Gasteiger partial charge on any atom is 0.182 e. The van der Waals surface area contributed by atoms with Crippen LogP contribution in [0.1, 0.15) is 38.3 Å². The highest BCUT2D eigenvalue weighted by atomic mass is 32.1. The van der Waals surface area contributed by atoms with Crippen molar-refractivity contribution in [2.24, 2.45) is 0 Å². The van der Waals surface area contributed by atoms with Gasteiger partial charge in [0.1, 0.15) is 6.61 Å². The zero-order chi connectivity index (χ0) is 16.0. The standard InChI is InChI=1S/C8H10.C6H12O2.C2H4OS/c1-7-3-5-8(2)6-4-7;1-3-4-8-5-6(2)7;1-2(3)4/h3-6H,1-2H3;3-5H2,1-2H3;1H3,(H,3,4). The van der Waals surface area contributed by atoms with E-state index in [9.17, 15) is 9.59 Å². The van der Waals surface area contributed by atoms with Gasteiger partial charge in [0.25, 0.3) is 0 Å². The number of Topliss-reactive ketones (excluding diaryl/α,β-unsaturated/α-hetero) is 1. The van der Waals surface area contributed by atoms with Crippen LogP contribution in [0.2, 0.25) is 0 Å². The van der Waals surface area contributed by atoms with Crippen LogP contribution in [0.5, 0.6) is 0 Å². The minimum atomic E-state index is -0.139. The molecule has 20 heavy (non-hydrogen) atoms. The van der Waals surface area contributed by atoms with E-state index in [1.165, 1.54) is 25.0 Å². The summed E-state index contributed by atoms with van der Waals surface area (Å²) in [7, 11) is 0. The summed E-state index contributed by atoms with van der Waals surface area (Å²) in [6.07, 6.45) is 0.979. The van der Waals surface area contributed by atoms with Gasteiger partial charge in [0.05, 0.1) is 0 Å². The maximum atomic E-state index is 10.2. The smallest absolute Gasteiger partial charge is 0.182 e. The van der Waals surface area contributed by atoms with Crippen molar-refractivity contribution in [3.8, 4) is 0 Å². The Labute approximate surface area is 128 Å². The first-order valence-electron chi connectivity index (χ1n) is 6.59. The normalized spacial score (nSPS) is 8.70. The van der Waals surface area contributed by atoms with E-state index >= 15 is 0 Å². The van der Waals surface area contributed by atoms with E-state index in [2.05, 4.69) is 50.7 Å². The molecular formula is C16H26O3S. The number of carbonyl (C=O) groups excluding carboxylic acids is 2. The molecule has 0 radical (unpaired) electrons. The van der Waals surface area contributed by atoms with Crippen LogP contribution in [-0.2, 0) is 14.3 Å². The number of thiol groups is 1. The van der Waals surface area contributed by atoms with Crippen LogP contribution >= 0.6 is 12.6 Å². The number of ether oxygens (including phenoxy) is 1. The van der Waals surface area contributed by atoms with Gasteiger partial charge in [0.15, 0.2) is 10.9 Å². The van der Waals surface area contributed by atoms with Crippen molar-refractivity contribution in [3.63, 3.8) is 0 Å².